The van der Waals surface area contributed by atoms with Crippen LogP contribution in [0.5, 0.6) is 0 Å². The predicted molar refractivity (Wildman–Crippen MR) is 77.3 cm³/mol. The molecule has 1 amide bonds. The van der Waals surface area contributed by atoms with Gasteiger partial charge in [-0.25, -0.2) is 0 Å². The van der Waals surface area contributed by atoms with Crippen LogP contribution in [0.4, 0.5) is 0 Å². The number of likely N-dealkylation sites (tertiary alicyclic amines) is 1. The second-order valence-corrected chi connectivity index (χ2v) is 5.36. The molecule has 0 saturated carbocycles. The standard InChI is InChI=1S/C16H24N2O/c1-3-17(4-2)10-11-18-13-15(12-16(18)19)14-8-6-5-7-9-14/h5-9,15H,3-4,10-13H2,1-2H3/p+1. The highest BCUT2D eigenvalue weighted by atomic mass is 16.2. The first-order valence-corrected chi connectivity index (χ1v) is 7.40. The van der Waals surface area contributed by atoms with Gasteiger partial charge in [-0.1, -0.05) is 30.3 Å². The fraction of sp³-hybridized carbons (Fsp3) is 0.562. The maximum atomic E-state index is 12.1. The Morgan fingerprint density at radius 1 is 1.21 bits per heavy atom. The van der Waals surface area contributed by atoms with E-state index in [1.807, 2.05) is 11.0 Å². The molecule has 1 atom stereocenters. The van der Waals surface area contributed by atoms with E-state index in [0.29, 0.717) is 18.2 Å². The van der Waals surface area contributed by atoms with Gasteiger partial charge in [-0.05, 0) is 19.4 Å². The molecule has 1 saturated heterocycles. The third kappa shape index (κ3) is 3.57. The summed E-state index contributed by atoms with van der Waals surface area (Å²) in [5, 5.41) is 0. The molecule has 0 aliphatic carbocycles. The Balaban J connectivity index is 1.89. The van der Waals surface area contributed by atoms with Gasteiger partial charge in [0.25, 0.3) is 0 Å². The van der Waals surface area contributed by atoms with E-state index in [4.69, 9.17) is 0 Å². The van der Waals surface area contributed by atoms with Gasteiger partial charge >= 0.3 is 0 Å². The van der Waals surface area contributed by atoms with E-state index < -0.39 is 0 Å². The van der Waals surface area contributed by atoms with Gasteiger partial charge in [0.1, 0.15) is 0 Å². The molecule has 1 fully saturated rings. The van der Waals surface area contributed by atoms with Crippen molar-refractivity contribution in [2.75, 3.05) is 32.7 Å². The fourth-order valence-corrected chi connectivity index (χ4v) is 2.83. The zero-order valence-electron chi connectivity index (χ0n) is 12.1. The van der Waals surface area contributed by atoms with Crippen molar-refractivity contribution in [1.82, 2.24) is 4.90 Å². The minimum absolute atomic E-state index is 0.320. The molecule has 3 nitrogen and oxygen atoms in total. The summed E-state index contributed by atoms with van der Waals surface area (Å²) < 4.78 is 0. The summed E-state index contributed by atoms with van der Waals surface area (Å²) in [4.78, 5) is 15.7. The number of hydrogen-bond acceptors (Lipinski definition) is 1. The Labute approximate surface area is 116 Å². The van der Waals surface area contributed by atoms with E-state index in [-0.39, 0.29) is 0 Å². The number of carbonyl (C=O) groups is 1. The molecular weight excluding hydrogens is 236 g/mol. The van der Waals surface area contributed by atoms with E-state index in [2.05, 4.69) is 38.1 Å². The molecule has 3 heteroatoms. The van der Waals surface area contributed by atoms with E-state index >= 15 is 0 Å². The quantitative estimate of drug-likeness (QED) is 0.809. The average Bonchev–Trinajstić information content (AvgIpc) is 2.82. The maximum Gasteiger partial charge on any atom is 0.223 e. The molecule has 0 aromatic heterocycles. The van der Waals surface area contributed by atoms with Crippen LogP contribution in [0, 0.1) is 0 Å². The molecular formula is C16H25N2O+. The molecule has 0 bridgehead atoms. The molecule has 1 aromatic rings. The third-order valence-corrected chi connectivity index (χ3v) is 4.22. The van der Waals surface area contributed by atoms with Crippen LogP contribution in [0.15, 0.2) is 30.3 Å². The minimum Gasteiger partial charge on any atom is -0.336 e. The Morgan fingerprint density at radius 2 is 1.89 bits per heavy atom. The summed E-state index contributed by atoms with van der Waals surface area (Å²) in [5.41, 5.74) is 1.30. The summed E-state index contributed by atoms with van der Waals surface area (Å²) >= 11 is 0. The first-order valence-electron chi connectivity index (χ1n) is 7.40. The van der Waals surface area contributed by atoms with Gasteiger partial charge < -0.3 is 9.80 Å². The summed E-state index contributed by atoms with van der Waals surface area (Å²) in [6, 6.07) is 10.4. The summed E-state index contributed by atoms with van der Waals surface area (Å²) in [6.07, 6.45) is 0.678. The summed E-state index contributed by atoms with van der Waals surface area (Å²) in [5.74, 6) is 0.709. The monoisotopic (exact) mass is 261 g/mol. The van der Waals surface area contributed by atoms with Crippen LogP contribution >= 0.6 is 0 Å². The molecule has 1 heterocycles. The number of likely N-dealkylation sites (N-methyl/N-ethyl adjacent to an activating group) is 1. The minimum atomic E-state index is 0.320. The highest BCUT2D eigenvalue weighted by molar-refractivity contribution is 5.79. The van der Waals surface area contributed by atoms with Crippen LogP contribution < -0.4 is 4.90 Å². The van der Waals surface area contributed by atoms with Crippen LogP contribution in [0.1, 0.15) is 31.7 Å². The second kappa shape index (κ2) is 6.71. The van der Waals surface area contributed by atoms with Crippen molar-refractivity contribution in [2.24, 2.45) is 0 Å². The number of amides is 1. The lowest BCUT2D eigenvalue weighted by atomic mass is 9.99. The van der Waals surface area contributed by atoms with Gasteiger partial charge in [0, 0.05) is 18.9 Å². The van der Waals surface area contributed by atoms with E-state index in [0.717, 1.165) is 32.7 Å². The molecule has 1 unspecified atom stereocenters. The number of carbonyl (C=O) groups excluding carboxylic acids is 1. The lowest BCUT2D eigenvalue weighted by molar-refractivity contribution is -0.895. The predicted octanol–water partition coefficient (Wildman–Crippen LogP) is 0.927. The van der Waals surface area contributed by atoms with Gasteiger partial charge in [0.2, 0.25) is 5.91 Å². The Bertz CT molecular complexity index is 400. The van der Waals surface area contributed by atoms with Crippen molar-refractivity contribution in [2.45, 2.75) is 26.2 Å². The molecule has 1 aliphatic rings. The van der Waals surface area contributed by atoms with Crippen molar-refractivity contribution in [1.29, 1.82) is 0 Å². The Hall–Kier alpha value is -1.35. The molecule has 104 valence electrons. The van der Waals surface area contributed by atoms with Crippen molar-refractivity contribution in [3.8, 4) is 0 Å². The lowest BCUT2D eigenvalue weighted by Crippen LogP contribution is -3.12. The van der Waals surface area contributed by atoms with Gasteiger partial charge in [0.05, 0.1) is 26.2 Å². The number of benzene rings is 1. The highest BCUT2D eigenvalue weighted by Gasteiger charge is 2.30. The maximum absolute atomic E-state index is 12.1. The molecule has 19 heavy (non-hydrogen) atoms. The first-order chi connectivity index (χ1) is 9.24. The van der Waals surface area contributed by atoms with Crippen LogP contribution in [0.25, 0.3) is 0 Å². The molecule has 1 aromatic carbocycles. The van der Waals surface area contributed by atoms with Crippen LogP contribution in [-0.4, -0.2) is 43.5 Å². The molecule has 2 rings (SSSR count). The normalized spacial score (nSPS) is 19.4. The van der Waals surface area contributed by atoms with Crippen LogP contribution in [-0.2, 0) is 4.79 Å². The second-order valence-electron chi connectivity index (χ2n) is 5.36. The average molecular weight is 261 g/mol. The largest absolute Gasteiger partial charge is 0.336 e. The van der Waals surface area contributed by atoms with Gasteiger partial charge in [-0.3, -0.25) is 4.79 Å². The van der Waals surface area contributed by atoms with Crippen molar-refractivity contribution >= 4 is 5.91 Å². The smallest absolute Gasteiger partial charge is 0.223 e. The van der Waals surface area contributed by atoms with Gasteiger partial charge in [0.15, 0.2) is 0 Å². The number of rotatable bonds is 6. The van der Waals surface area contributed by atoms with Crippen molar-refractivity contribution in [3.63, 3.8) is 0 Å². The topological polar surface area (TPSA) is 24.8 Å². The number of nitrogens with one attached hydrogen (secondary N) is 1. The molecule has 0 radical (unpaired) electrons. The lowest BCUT2D eigenvalue weighted by Gasteiger charge is -2.21. The summed E-state index contributed by atoms with van der Waals surface area (Å²) in [7, 11) is 0. The SMILES string of the molecule is CC[NH+](CC)CCN1CC(c2ccccc2)CC1=O. The zero-order chi connectivity index (χ0) is 13.7. The van der Waals surface area contributed by atoms with E-state index in [1.165, 1.54) is 5.56 Å². The number of nitrogens with zero attached hydrogens (tertiary/aromatic N) is 1. The van der Waals surface area contributed by atoms with Gasteiger partial charge in [-0.15, -0.1) is 0 Å². The fourth-order valence-electron chi connectivity index (χ4n) is 2.83. The van der Waals surface area contributed by atoms with Crippen molar-refractivity contribution < 1.29 is 9.69 Å². The van der Waals surface area contributed by atoms with E-state index in [1.54, 1.807) is 4.90 Å². The highest BCUT2D eigenvalue weighted by Crippen LogP contribution is 2.27. The summed E-state index contributed by atoms with van der Waals surface area (Å²) in [6.45, 7) is 9.55. The van der Waals surface area contributed by atoms with Gasteiger partial charge in [-0.2, -0.15) is 0 Å². The molecule has 1 N–H and O–H groups in total. The van der Waals surface area contributed by atoms with Crippen LogP contribution in [0.3, 0.4) is 0 Å². The van der Waals surface area contributed by atoms with E-state index in [9.17, 15) is 4.79 Å². The molecule has 1 aliphatic heterocycles. The Morgan fingerprint density at radius 3 is 2.53 bits per heavy atom. The number of quaternary nitrogens is 1. The first kappa shape index (κ1) is 14.1. The third-order valence-electron chi connectivity index (χ3n) is 4.22. The van der Waals surface area contributed by atoms with Crippen molar-refractivity contribution in [3.05, 3.63) is 35.9 Å². The van der Waals surface area contributed by atoms with Crippen LogP contribution in [0.2, 0.25) is 0 Å². The number of hydrogen-bond donors (Lipinski definition) is 1. The zero-order valence-corrected chi connectivity index (χ0v) is 12.1. The Kier molecular flexibility index (Phi) is 4.97. The molecule has 0 spiro atoms.